The Labute approximate surface area is 117 Å². The first-order valence-corrected chi connectivity index (χ1v) is 6.26. The summed E-state index contributed by atoms with van der Waals surface area (Å²) in [4.78, 5) is 23.5. The van der Waals surface area contributed by atoms with Crippen LogP contribution in [0.4, 0.5) is 11.4 Å². The molecule has 2 rings (SSSR count). The van der Waals surface area contributed by atoms with Crippen molar-refractivity contribution in [2.24, 2.45) is 0 Å². The summed E-state index contributed by atoms with van der Waals surface area (Å²) in [5, 5.41) is 2.75. The Bertz CT molecular complexity index is 678. The number of rotatable bonds is 3. The van der Waals surface area contributed by atoms with Gasteiger partial charge in [-0.1, -0.05) is 23.8 Å². The molecule has 20 heavy (non-hydrogen) atoms. The van der Waals surface area contributed by atoms with Gasteiger partial charge < -0.3 is 11.1 Å². The molecule has 102 valence electrons. The van der Waals surface area contributed by atoms with Crippen molar-refractivity contribution in [1.82, 2.24) is 0 Å². The second kappa shape index (κ2) is 5.57. The second-order valence-corrected chi connectivity index (χ2v) is 4.68. The van der Waals surface area contributed by atoms with Crippen molar-refractivity contribution >= 4 is 23.1 Å². The average Bonchev–Trinajstić information content (AvgIpc) is 2.41. The van der Waals surface area contributed by atoms with E-state index in [9.17, 15) is 9.59 Å². The molecule has 0 saturated heterocycles. The predicted octanol–water partition coefficient (Wildman–Crippen LogP) is 3.03. The molecule has 4 heteroatoms. The summed E-state index contributed by atoms with van der Waals surface area (Å²) >= 11 is 0. The number of nitrogen functional groups attached to an aromatic ring is 1. The summed E-state index contributed by atoms with van der Waals surface area (Å²) in [7, 11) is 0. The zero-order valence-corrected chi connectivity index (χ0v) is 11.4. The number of nitrogens with two attached hydrogens (primary N) is 1. The summed E-state index contributed by atoms with van der Waals surface area (Å²) in [5.74, 6) is -0.330. The van der Waals surface area contributed by atoms with Crippen LogP contribution in [0.15, 0.2) is 42.5 Å². The molecular formula is C16H16N2O2. The number of carbonyl (C=O) groups is 2. The molecule has 0 saturated carbocycles. The van der Waals surface area contributed by atoms with Crippen LogP contribution in [0.25, 0.3) is 0 Å². The van der Waals surface area contributed by atoms with Crippen molar-refractivity contribution in [3.8, 4) is 0 Å². The third-order valence-electron chi connectivity index (χ3n) is 2.98. The van der Waals surface area contributed by atoms with E-state index in [0.29, 0.717) is 22.5 Å². The molecule has 4 nitrogen and oxygen atoms in total. The molecule has 0 fully saturated rings. The summed E-state index contributed by atoms with van der Waals surface area (Å²) < 4.78 is 0. The van der Waals surface area contributed by atoms with Crippen LogP contribution in [0, 0.1) is 6.92 Å². The van der Waals surface area contributed by atoms with Crippen molar-refractivity contribution < 1.29 is 9.59 Å². The zero-order valence-electron chi connectivity index (χ0n) is 11.4. The first-order valence-electron chi connectivity index (χ1n) is 6.26. The SMILES string of the molecule is CC(=O)c1cccc(NC(=O)c2cc(C)ccc2N)c1. The second-order valence-electron chi connectivity index (χ2n) is 4.68. The van der Waals surface area contributed by atoms with Gasteiger partial charge in [-0.15, -0.1) is 0 Å². The number of Topliss-reactive ketones (excluding diaryl/α,β-unsaturated/α-hetero) is 1. The molecule has 0 aliphatic heterocycles. The molecule has 0 heterocycles. The maximum atomic E-state index is 12.2. The Morgan fingerprint density at radius 1 is 1.10 bits per heavy atom. The molecule has 2 aromatic carbocycles. The van der Waals surface area contributed by atoms with Gasteiger partial charge >= 0.3 is 0 Å². The number of amides is 1. The Hall–Kier alpha value is -2.62. The molecule has 0 unspecified atom stereocenters. The molecule has 0 radical (unpaired) electrons. The molecule has 0 spiro atoms. The topological polar surface area (TPSA) is 72.2 Å². The van der Waals surface area contributed by atoms with Crippen LogP contribution in [0.5, 0.6) is 0 Å². The fourth-order valence-corrected chi connectivity index (χ4v) is 1.88. The maximum absolute atomic E-state index is 12.2. The van der Waals surface area contributed by atoms with Gasteiger partial charge in [0, 0.05) is 16.9 Å². The highest BCUT2D eigenvalue weighted by molar-refractivity contribution is 6.08. The van der Waals surface area contributed by atoms with Gasteiger partial charge in [-0.3, -0.25) is 9.59 Å². The lowest BCUT2D eigenvalue weighted by molar-refractivity contribution is 0.101. The molecule has 1 amide bonds. The van der Waals surface area contributed by atoms with Gasteiger partial charge in [-0.05, 0) is 38.1 Å². The van der Waals surface area contributed by atoms with Gasteiger partial charge in [0.1, 0.15) is 0 Å². The zero-order chi connectivity index (χ0) is 14.7. The van der Waals surface area contributed by atoms with Gasteiger partial charge in [0.2, 0.25) is 0 Å². The normalized spacial score (nSPS) is 10.1. The molecule has 0 atom stereocenters. The van der Waals surface area contributed by atoms with E-state index in [1.165, 1.54) is 6.92 Å². The minimum Gasteiger partial charge on any atom is -0.398 e. The smallest absolute Gasteiger partial charge is 0.257 e. The Kier molecular flexibility index (Phi) is 3.84. The highest BCUT2D eigenvalue weighted by atomic mass is 16.1. The van der Waals surface area contributed by atoms with Crippen LogP contribution in [0.1, 0.15) is 33.2 Å². The number of aryl methyl sites for hydroxylation is 1. The lowest BCUT2D eigenvalue weighted by Crippen LogP contribution is -2.14. The minimum absolute atomic E-state index is 0.0452. The van der Waals surface area contributed by atoms with E-state index in [4.69, 9.17) is 5.73 Å². The van der Waals surface area contributed by atoms with Crippen molar-refractivity contribution in [1.29, 1.82) is 0 Å². The number of ketones is 1. The average molecular weight is 268 g/mol. The van der Waals surface area contributed by atoms with Crippen LogP contribution < -0.4 is 11.1 Å². The molecule has 0 bridgehead atoms. The highest BCUT2D eigenvalue weighted by Crippen LogP contribution is 2.17. The third-order valence-corrected chi connectivity index (χ3v) is 2.98. The van der Waals surface area contributed by atoms with Crippen molar-refractivity contribution in [2.45, 2.75) is 13.8 Å². The summed E-state index contributed by atoms with van der Waals surface area (Å²) in [6, 6.07) is 12.1. The molecule has 3 N–H and O–H groups in total. The number of benzene rings is 2. The van der Waals surface area contributed by atoms with E-state index in [1.807, 2.05) is 13.0 Å². The van der Waals surface area contributed by atoms with E-state index in [2.05, 4.69) is 5.32 Å². The molecule has 2 aromatic rings. The monoisotopic (exact) mass is 268 g/mol. The van der Waals surface area contributed by atoms with E-state index >= 15 is 0 Å². The van der Waals surface area contributed by atoms with Gasteiger partial charge in [0.25, 0.3) is 5.91 Å². The number of carbonyl (C=O) groups excluding carboxylic acids is 2. The van der Waals surface area contributed by atoms with Crippen LogP contribution in [0.2, 0.25) is 0 Å². The first kappa shape index (κ1) is 13.8. The Morgan fingerprint density at radius 2 is 1.85 bits per heavy atom. The third kappa shape index (κ3) is 3.03. The fourth-order valence-electron chi connectivity index (χ4n) is 1.88. The van der Waals surface area contributed by atoms with Crippen molar-refractivity contribution in [2.75, 3.05) is 11.1 Å². The Morgan fingerprint density at radius 3 is 2.55 bits per heavy atom. The van der Waals surface area contributed by atoms with Crippen LogP contribution in [-0.2, 0) is 0 Å². The maximum Gasteiger partial charge on any atom is 0.257 e. The van der Waals surface area contributed by atoms with Crippen molar-refractivity contribution in [3.05, 3.63) is 59.2 Å². The van der Waals surface area contributed by atoms with Crippen molar-refractivity contribution in [3.63, 3.8) is 0 Å². The number of anilines is 2. The largest absolute Gasteiger partial charge is 0.398 e. The molecular weight excluding hydrogens is 252 g/mol. The summed E-state index contributed by atoms with van der Waals surface area (Å²) in [5.41, 5.74) is 8.75. The van der Waals surface area contributed by atoms with Crippen LogP contribution in [0.3, 0.4) is 0 Å². The predicted molar refractivity (Wildman–Crippen MR) is 80.0 cm³/mol. The van der Waals surface area contributed by atoms with E-state index in [-0.39, 0.29) is 11.7 Å². The van der Waals surface area contributed by atoms with Gasteiger partial charge in [-0.2, -0.15) is 0 Å². The summed E-state index contributed by atoms with van der Waals surface area (Å²) in [6.45, 7) is 3.38. The van der Waals surface area contributed by atoms with E-state index < -0.39 is 0 Å². The number of hydrogen-bond acceptors (Lipinski definition) is 3. The number of nitrogens with one attached hydrogen (secondary N) is 1. The van der Waals surface area contributed by atoms with Crippen LogP contribution in [-0.4, -0.2) is 11.7 Å². The van der Waals surface area contributed by atoms with Gasteiger partial charge in [0.05, 0.1) is 5.56 Å². The number of hydrogen-bond donors (Lipinski definition) is 2. The van der Waals surface area contributed by atoms with Crippen LogP contribution >= 0.6 is 0 Å². The first-order chi connectivity index (χ1) is 9.47. The van der Waals surface area contributed by atoms with Gasteiger partial charge in [0.15, 0.2) is 5.78 Å². The molecule has 0 aliphatic rings. The highest BCUT2D eigenvalue weighted by Gasteiger charge is 2.10. The molecule has 0 aliphatic carbocycles. The van der Waals surface area contributed by atoms with E-state index in [1.54, 1.807) is 36.4 Å². The van der Waals surface area contributed by atoms with Gasteiger partial charge in [-0.25, -0.2) is 0 Å². The van der Waals surface area contributed by atoms with E-state index in [0.717, 1.165) is 5.56 Å². The minimum atomic E-state index is -0.285. The lowest BCUT2D eigenvalue weighted by Gasteiger charge is -2.09. The Balaban J connectivity index is 2.25. The summed E-state index contributed by atoms with van der Waals surface area (Å²) in [6.07, 6.45) is 0. The quantitative estimate of drug-likeness (QED) is 0.664. The molecule has 0 aromatic heterocycles. The lowest BCUT2D eigenvalue weighted by atomic mass is 10.1. The standard InChI is InChI=1S/C16H16N2O2/c1-10-6-7-15(17)14(8-10)16(20)18-13-5-3-4-12(9-13)11(2)19/h3-9H,17H2,1-2H3,(H,18,20). The fraction of sp³-hybridized carbons (Fsp3) is 0.125.